The Morgan fingerprint density at radius 2 is 2.00 bits per heavy atom. The van der Waals surface area contributed by atoms with E-state index in [-0.39, 0.29) is 18.3 Å². The molecule has 1 saturated heterocycles. The summed E-state index contributed by atoms with van der Waals surface area (Å²) in [4.78, 5) is 43.7. The fourth-order valence-corrected chi connectivity index (χ4v) is 4.83. The SMILES string of the molecule is CC1CCC2(CC1)NC(=O)N(CC(=O)Nc1ncc(Cc3ccc(F)cc3)s1)C2=O. The van der Waals surface area contributed by atoms with E-state index < -0.39 is 17.5 Å². The lowest BCUT2D eigenvalue weighted by molar-refractivity contribution is -0.135. The standard InChI is InChI=1S/C21H23FN4O3S/c1-13-6-8-21(9-7-13)18(28)26(20(29)25-21)12-17(27)24-19-23-11-16(30-19)10-14-2-4-15(22)5-3-14/h2-5,11,13H,6-10,12H2,1H3,(H,25,29)(H,23,24,27). The number of nitrogens with one attached hydrogen (secondary N) is 2. The number of benzene rings is 1. The molecule has 0 unspecified atom stereocenters. The van der Waals surface area contributed by atoms with E-state index in [9.17, 15) is 18.8 Å². The van der Waals surface area contributed by atoms with Gasteiger partial charge in [-0.2, -0.15) is 0 Å². The fraction of sp³-hybridized carbons (Fsp3) is 0.429. The van der Waals surface area contributed by atoms with Gasteiger partial charge >= 0.3 is 6.03 Å². The maximum atomic E-state index is 13.0. The third kappa shape index (κ3) is 4.21. The molecular formula is C21H23FN4O3S. The fourth-order valence-electron chi connectivity index (χ4n) is 3.97. The highest BCUT2D eigenvalue weighted by molar-refractivity contribution is 7.15. The van der Waals surface area contributed by atoms with Crippen LogP contribution in [-0.2, 0) is 16.0 Å². The molecule has 2 heterocycles. The molecule has 2 N–H and O–H groups in total. The quantitative estimate of drug-likeness (QED) is 0.712. The van der Waals surface area contributed by atoms with Crippen molar-refractivity contribution in [2.75, 3.05) is 11.9 Å². The number of urea groups is 1. The van der Waals surface area contributed by atoms with Crippen LogP contribution in [-0.4, -0.2) is 39.8 Å². The molecule has 30 heavy (non-hydrogen) atoms. The van der Waals surface area contributed by atoms with Crippen molar-refractivity contribution >= 4 is 34.3 Å². The molecule has 158 valence electrons. The van der Waals surface area contributed by atoms with E-state index in [0.29, 0.717) is 30.3 Å². The van der Waals surface area contributed by atoms with Crippen molar-refractivity contribution in [3.05, 3.63) is 46.7 Å². The van der Waals surface area contributed by atoms with Gasteiger partial charge in [-0.15, -0.1) is 11.3 Å². The summed E-state index contributed by atoms with van der Waals surface area (Å²) in [5, 5.41) is 5.86. The average molecular weight is 431 g/mol. The van der Waals surface area contributed by atoms with Crippen molar-refractivity contribution in [2.24, 2.45) is 5.92 Å². The Morgan fingerprint density at radius 1 is 1.30 bits per heavy atom. The number of nitrogens with zero attached hydrogens (tertiary/aromatic N) is 2. The molecule has 0 bridgehead atoms. The second-order valence-corrected chi connectivity index (χ2v) is 9.18. The highest BCUT2D eigenvalue weighted by Gasteiger charge is 2.52. The molecule has 1 aliphatic carbocycles. The molecule has 2 aliphatic rings. The predicted octanol–water partition coefficient (Wildman–Crippen LogP) is 3.31. The summed E-state index contributed by atoms with van der Waals surface area (Å²) in [5.74, 6) is -0.541. The van der Waals surface area contributed by atoms with Crippen molar-refractivity contribution in [3.8, 4) is 0 Å². The lowest BCUT2D eigenvalue weighted by Gasteiger charge is -2.33. The van der Waals surface area contributed by atoms with E-state index in [4.69, 9.17) is 0 Å². The molecule has 1 saturated carbocycles. The smallest absolute Gasteiger partial charge is 0.323 e. The van der Waals surface area contributed by atoms with E-state index in [0.717, 1.165) is 28.2 Å². The number of hydrogen-bond donors (Lipinski definition) is 2. The van der Waals surface area contributed by atoms with Crippen LogP contribution in [0, 0.1) is 11.7 Å². The Hall–Kier alpha value is -2.81. The number of imide groups is 1. The van der Waals surface area contributed by atoms with Gasteiger partial charge in [0.1, 0.15) is 17.9 Å². The van der Waals surface area contributed by atoms with Gasteiger partial charge in [0.25, 0.3) is 5.91 Å². The number of carbonyl (C=O) groups excluding carboxylic acids is 3. The van der Waals surface area contributed by atoms with Crippen LogP contribution in [0.4, 0.5) is 14.3 Å². The molecule has 2 aromatic rings. The third-order valence-corrected chi connectivity index (χ3v) is 6.68. The van der Waals surface area contributed by atoms with Crippen molar-refractivity contribution in [3.63, 3.8) is 0 Å². The largest absolute Gasteiger partial charge is 0.325 e. The van der Waals surface area contributed by atoms with Crippen molar-refractivity contribution in [1.82, 2.24) is 15.2 Å². The van der Waals surface area contributed by atoms with E-state index in [1.165, 1.54) is 23.5 Å². The van der Waals surface area contributed by atoms with E-state index in [1.807, 2.05) is 0 Å². The Bertz CT molecular complexity index is 967. The van der Waals surface area contributed by atoms with Crippen LogP contribution in [0.3, 0.4) is 0 Å². The summed E-state index contributed by atoms with van der Waals surface area (Å²) in [6, 6.07) is 5.69. The second-order valence-electron chi connectivity index (χ2n) is 8.07. The molecule has 0 atom stereocenters. The van der Waals surface area contributed by atoms with Crippen molar-refractivity contribution in [2.45, 2.75) is 44.6 Å². The zero-order valence-electron chi connectivity index (χ0n) is 16.6. The molecular weight excluding hydrogens is 407 g/mol. The van der Waals surface area contributed by atoms with Gasteiger partial charge in [-0.25, -0.2) is 14.2 Å². The zero-order chi connectivity index (χ0) is 21.3. The van der Waals surface area contributed by atoms with Crippen LogP contribution in [0.2, 0.25) is 0 Å². The first-order chi connectivity index (χ1) is 14.3. The van der Waals surface area contributed by atoms with Crippen LogP contribution < -0.4 is 10.6 Å². The predicted molar refractivity (Wildman–Crippen MR) is 111 cm³/mol. The highest BCUT2D eigenvalue weighted by atomic mass is 32.1. The first-order valence-corrected chi connectivity index (χ1v) is 10.8. The molecule has 0 radical (unpaired) electrons. The average Bonchev–Trinajstić information content (AvgIpc) is 3.24. The number of hydrogen-bond acceptors (Lipinski definition) is 5. The normalized spacial score (nSPS) is 23.7. The van der Waals surface area contributed by atoms with Gasteiger partial charge in [0.2, 0.25) is 5.91 Å². The molecule has 1 aliphatic heterocycles. The van der Waals surface area contributed by atoms with Crippen molar-refractivity contribution < 1.29 is 18.8 Å². The van der Waals surface area contributed by atoms with Crippen LogP contribution in [0.15, 0.2) is 30.5 Å². The van der Waals surface area contributed by atoms with Crippen LogP contribution >= 0.6 is 11.3 Å². The Morgan fingerprint density at radius 3 is 2.70 bits per heavy atom. The first kappa shape index (κ1) is 20.5. The first-order valence-electron chi connectivity index (χ1n) is 9.98. The van der Waals surface area contributed by atoms with Gasteiger partial charge in [0.15, 0.2) is 5.13 Å². The molecule has 7 nitrogen and oxygen atoms in total. The summed E-state index contributed by atoms with van der Waals surface area (Å²) >= 11 is 1.30. The van der Waals surface area contributed by atoms with Gasteiger partial charge in [-0.05, 0) is 49.3 Å². The van der Waals surface area contributed by atoms with Gasteiger partial charge < -0.3 is 10.6 Å². The van der Waals surface area contributed by atoms with Crippen molar-refractivity contribution in [1.29, 1.82) is 0 Å². The molecule has 1 spiro atoms. The lowest BCUT2D eigenvalue weighted by atomic mass is 9.77. The number of rotatable bonds is 5. The number of halogens is 1. The molecule has 4 amide bonds. The summed E-state index contributed by atoms with van der Waals surface area (Å²) < 4.78 is 13.0. The van der Waals surface area contributed by atoms with E-state index >= 15 is 0 Å². The van der Waals surface area contributed by atoms with Crippen LogP contribution in [0.25, 0.3) is 0 Å². The molecule has 4 rings (SSSR count). The van der Waals surface area contributed by atoms with E-state index in [2.05, 4.69) is 22.5 Å². The van der Waals surface area contributed by atoms with Gasteiger partial charge in [-0.3, -0.25) is 14.5 Å². The molecule has 1 aromatic heterocycles. The maximum Gasteiger partial charge on any atom is 0.325 e. The minimum Gasteiger partial charge on any atom is -0.323 e. The Kier molecular flexibility index (Phi) is 5.55. The van der Waals surface area contributed by atoms with Crippen LogP contribution in [0.5, 0.6) is 0 Å². The number of thiazole rings is 1. The number of aromatic nitrogens is 1. The number of anilines is 1. The maximum absolute atomic E-state index is 13.0. The van der Waals surface area contributed by atoms with Gasteiger partial charge in [0.05, 0.1) is 0 Å². The van der Waals surface area contributed by atoms with E-state index in [1.54, 1.807) is 18.3 Å². The Balaban J connectivity index is 1.35. The van der Waals surface area contributed by atoms with Gasteiger partial charge in [-0.1, -0.05) is 19.1 Å². The molecule has 9 heteroatoms. The minimum atomic E-state index is -0.854. The van der Waals surface area contributed by atoms with Gasteiger partial charge in [0, 0.05) is 17.5 Å². The summed E-state index contributed by atoms with van der Waals surface area (Å²) in [7, 11) is 0. The minimum absolute atomic E-state index is 0.291. The zero-order valence-corrected chi connectivity index (χ0v) is 17.4. The third-order valence-electron chi connectivity index (χ3n) is 5.77. The lowest BCUT2D eigenvalue weighted by Crippen LogP contribution is -2.49. The number of amides is 4. The summed E-state index contributed by atoms with van der Waals surface area (Å²) in [5.41, 5.74) is 0.0808. The monoisotopic (exact) mass is 430 g/mol. The second kappa shape index (κ2) is 8.14. The van der Waals surface area contributed by atoms with Crippen LogP contribution in [0.1, 0.15) is 43.0 Å². The highest BCUT2D eigenvalue weighted by Crippen LogP contribution is 2.36. The molecule has 2 fully saturated rings. The summed E-state index contributed by atoms with van der Waals surface area (Å²) in [6.45, 7) is 1.80. The Labute approximate surface area is 177 Å². The number of carbonyl (C=O) groups is 3. The topological polar surface area (TPSA) is 91.4 Å². The molecule has 1 aromatic carbocycles. The summed E-state index contributed by atoms with van der Waals surface area (Å²) in [6.07, 6.45) is 5.19.